The minimum atomic E-state index is -0.716. The fraction of sp³-hybridized carbons (Fsp3) is 1.00. The van der Waals surface area contributed by atoms with E-state index >= 15 is 0 Å². The first-order valence-electron chi connectivity index (χ1n) is 2.39. The van der Waals surface area contributed by atoms with Gasteiger partial charge in [0.1, 0.15) is 0 Å². The van der Waals surface area contributed by atoms with Crippen LogP contribution in [-0.4, -0.2) is 23.3 Å². The Hall–Kier alpha value is 0.974. The highest BCUT2D eigenvalue weighted by molar-refractivity contribution is 6.92. The zero-order chi connectivity index (χ0) is 6.62. The van der Waals surface area contributed by atoms with E-state index in [1.54, 1.807) is 0 Å². The number of rotatable bonds is 3. The van der Waals surface area contributed by atoms with Crippen LogP contribution in [0.3, 0.4) is 0 Å². The maximum absolute atomic E-state index is 5.81. The van der Waals surface area contributed by atoms with Crippen molar-refractivity contribution in [2.24, 2.45) is 0 Å². The number of hydrogen-bond acceptors (Lipinski definition) is 1. The van der Waals surface area contributed by atoms with Gasteiger partial charge in [0.2, 0.25) is 9.07 Å². The fourth-order valence-electron chi connectivity index (χ4n) is 0.281. The summed E-state index contributed by atoms with van der Waals surface area (Å²) in [5.74, 6) is 0. The van der Waals surface area contributed by atoms with E-state index in [1.807, 2.05) is 13.8 Å². The molecule has 0 aliphatic heterocycles. The van der Waals surface area contributed by atoms with Crippen LogP contribution in [0, 0.1) is 0 Å². The summed E-state index contributed by atoms with van der Waals surface area (Å²) in [6, 6.07) is 0. The topological polar surface area (TPSA) is 9.23 Å². The van der Waals surface area contributed by atoms with Gasteiger partial charge in [-0.25, -0.2) is 0 Å². The smallest absolute Gasteiger partial charge is 0.247 e. The molecule has 0 N–H and O–H groups in total. The maximum Gasteiger partial charge on any atom is 0.247 e. The molecule has 0 aromatic carbocycles. The number of hydrogen-bond donors (Lipinski definition) is 0. The molecule has 0 amide bonds. The Morgan fingerprint density at radius 3 is 2.12 bits per heavy atom. The van der Waals surface area contributed by atoms with Crippen molar-refractivity contribution in [2.75, 3.05) is 0 Å². The van der Waals surface area contributed by atoms with E-state index < -0.39 is 18.8 Å². The minimum Gasteiger partial charge on any atom is -0.453 e. The molecule has 0 saturated carbocycles. The summed E-state index contributed by atoms with van der Waals surface area (Å²) in [6.45, 7) is 3.92. The Labute approximate surface area is 64.3 Å². The van der Waals surface area contributed by atoms with E-state index in [9.17, 15) is 0 Å². The molecule has 5 heteroatoms. The minimum absolute atomic E-state index is 0.109. The van der Waals surface area contributed by atoms with E-state index in [-0.39, 0.29) is 4.50 Å². The molecule has 0 radical (unpaired) electrons. The molecular formula is C3H10Cl2OSi2. The van der Waals surface area contributed by atoms with Crippen molar-refractivity contribution in [1.82, 2.24) is 0 Å². The van der Waals surface area contributed by atoms with Crippen LogP contribution in [0.5, 0.6) is 0 Å². The summed E-state index contributed by atoms with van der Waals surface area (Å²) in [7, 11) is -1.27. The first-order valence-corrected chi connectivity index (χ1v) is 6.77. The van der Waals surface area contributed by atoms with Crippen LogP contribution in [0.2, 0.25) is 0 Å². The number of halogens is 2. The monoisotopic (exact) mass is 188 g/mol. The average molecular weight is 189 g/mol. The Kier molecular flexibility index (Phi) is 4.37. The molecule has 0 rings (SSSR count). The molecule has 0 heterocycles. The Balaban J connectivity index is 3.11. The first-order chi connectivity index (χ1) is 3.56. The molecule has 0 unspecified atom stereocenters. The molecule has 0 aromatic heterocycles. The van der Waals surface area contributed by atoms with E-state index in [0.29, 0.717) is 0 Å². The van der Waals surface area contributed by atoms with Gasteiger partial charge in [0, 0.05) is 0 Å². The second-order valence-corrected chi connectivity index (χ2v) is 8.21. The SMILES string of the molecule is CC(C)(Cl)[SiH2]O[SiH2]Cl. The summed E-state index contributed by atoms with van der Waals surface area (Å²) < 4.78 is 5.00. The van der Waals surface area contributed by atoms with Gasteiger partial charge in [0.25, 0.3) is 0 Å². The molecule has 1 nitrogen and oxygen atoms in total. The lowest BCUT2D eigenvalue weighted by Gasteiger charge is -2.12. The molecule has 0 atom stereocenters. The highest BCUT2D eigenvalue weighted by atomic mass is 35.6. The van der Waals surface area contributed by atoms with Gasteiger partial charge in [-0.3, -0.25) is 0 Å². The molecule has 8 heavy (non-hydrogen) atoms. The third-order valence-electron chi connectivity index (χ3n) is 0.522. The third kappa shape index (κ3) is 6.97. The lowest BCUT2D eigenvalue weighted by Crippen LogP contribution is -2.23. The predicted octanol–water partition coefficient (Wildman–Crippen LogP) is 0.299. The predicted molar refractivity (Wildman–Crippen MR) is 44.0 cm³/mol. The van der Waals surface area contributed by atoms with Crippen LogP contribution in [-0.2, 0) is 4.12 Å². The van der Waals surface area contributed by atoms with Gasteiger partial charge < -0.3 is 4.12 Å². The van der Waals surface area contributed by atoms with E-state index in [0.717, 1.165) is 0 Å². The summed E-state index contributed by atoms with van der Waals surface area (Å²) in [6.07, 6.45) is 0. The Morgan fingerprint density at radius 2 is 2.00 bits per heavy atom. The third-order valence-corrected chi connectivity index (χ3v) is 4.36. The molecule has 50 valence electrons. The highest BCUT2D eigenvalue weighted by Crippen LogP contribution is 2.09. The van der Waals surface area contributed by atoms with Crippen molar-refractivity contribution >= 4 is 41.5 Å². The molecular weight excluding hydrogens is 179 g/mol. The standard InChI is InChI=1S/C3H10Cl2OSi2/c1-3(2,4)7-6-8-5/h7-8H2,1-2H3. The van der Waals surface area contributed by atoms with E-state index in [4.69, 9.17) is 26.8 Å². The lowest BCUT2D eigenvalue weighted by molar-refractivity contribution is 0.629. The van der Waals surface area contributed by atoms with Crippen LogP contribution in [0.4, 0.5) is 0 Å². The quantitative estimate of drug-likeness (QED) is 0.352. The summed E-state index contributed by atoms with van der Waals surface area (Å²) in [5, 5.41) is 0. The molecule has 0 saturated heterocycles. The van der Waals surface area contributed by atoms with E-state index in [1.165, 1.54) is 0 Å². The summed E-state index contributed by atoms with van der Waals surface area (Å²) in [4.78, 5) is 0. The molecule has 0 fully saturated rings. The van der Waals surface area contributed by atoms with Gasteiger partial charge in [-0.1, -0.05) is 0 Å². The number of alkyl halides is 1. The Bertz CT molecular complexity index is 62.8. The van der Waals surface area contributed by atoms with Gasteiger partial charge in [-0.2, -0.15) is 0 Å². The zero-order valence-corrected chi connectivity index (χ0v) is 9.42. The summed E-state index contributed by atoms with van der Waals surface area (Å²) in [5.41, 5.74) is 0. The molecule has 0 bridgehead atoms. The highest BCUT2D eigenvalue weighted by Gasteiger charge is 2.13. The van der Waals surface area contributed by atoms with Gasteiger partial charge in [-0.15, -0.1) is 22.7 Å². The van der Waals surface area contributed by atoms with Gasteiger partial charge in [0.05, 0.1) is 4.50 Å². The van der Waals surface area contributed by atoms with Crippen molar-refractivity contribution in [2.45, 2.75) is 18.3 Å². The van der Waals surface area contributed by atoms with Crippen molar-refractivity contribution in [3.05, 3.63) is 0 Å². The van der Waals surface area contributed by atoms with Gasteiger partial charge in [0.15, 0.2) is 9.76 Å². The van der Waals surface area contributed by atoms with Crippen LogP contribution in [0.25, 0.3) is 0 Å². The Morgan fingerprint density at radius 1 is 1.50 bits per heavy atom. The van der Waals surface area contributed by atoms with Crippen molar-refractivity contribution in [1.29, 1.82) is 0 Å². The molecule has 0 aliphatic rings. The average Bonchev–Trinajstić information content (AvgIpc) is 1.59. The van der Waals surface area contributed by atoms with E-state index in [2.05, 4.69) is 0 Å². The zero-order valence-electron chi connectivity index (χ0n) is 5.08. The normalized spacial score (nSPS) is 15.0. The molecule has 0 aliphatic carbocycles. The second-order valence-electron chi connectivity index (χ2n) is 2.18. The maximum atomic E-state index is 5.81. The summed E-state index contributed by atoms with van der Waals surface area (Å²) >= 11 is 11.2. The van der Waals surface area contributed by atoms with Gasteiger partial charge >= 0.3 is 0 Å². The van der Waals surface area contributed by atoms with Gasteiger partial charge in [-0.05, 0) is 13.8 Å². The van der Waals surface area contributed by atoms with Crippen LogP contribution in [0.1, 0.15) is 13.8 Å². The molecule has 0 aromatic rings. The van der Waals surface area contributed by atoms with Crippen LogP contribution in [0.15, 0.2) is 0 Å². The fourth-order valence-corrected chi connectivity index (χ4v) is 3.92. The largest absolute Gasteiger partial charge is 0.453 e. The van der Waals surface area contributed by atoms with Crippen molar-refractivity contribution < 1.29 is 4.12 Å². The molecule has 0 spiro atoms. The van der Waals surface area contributed by atoms with Crippen molar-refractivity contribution in [3.8, 4) is 0 Å². The second kappa shape index (κ2) is 3.90. The lowest BCUT2D eigenvalue weighted by atomic mass is 10.5. The first kappa shape index (κ1) is 8.97. The van der Waals surface area contributed by atoms with Crippen LogP contribution >= 0.6 is 22.7 Å². The van der Waals surface area contributed by atoms with Crippen molar-refractivity contribution in [3.63, 3.8) is 0 Å². The van der Waals surface area contributed by atoms with Crippen LogP contribution < -0.4 is 0 Å².